The van der Waals surface area contributed by atoms with Crippen molar-refractivity contribution in [3.8, 4) is 0 Å². The third-order valence-corrected chi connectivity index (χ3v) is 0.904. The Hall–Kier alpha value is -0.810. The minimum atomic E-state index is -1.02. The summed E-state index contributed by atoms with van der Waals surface area (Å²) in [5.74, 6) is 0. The molecule has 1 unspecified atom stereocenters. The molecule has 5 heteroatoms. The van der Waals surface area contributed by atoms with Gasteiger partial charge >= 0.3 is 6.09 Å². The van der Waals surface area contributed by atoms with Crippen molar-refractivity contribution < 1.29 is 14.7 Å². The van der Waals surface area contributed by atoms with Crippen LogP contribution in [0.4, 0.5) is 4.79 Å². The van der Waals surface area contributed by atoms with E-state index < -0.39 is 6.09 Å². The highest BCUT2D eigenvalue weighted by Crippen LogP contribution is 1.77. The van der Waals surface area contributed by atoms with Crippen LogP contribution in [0, 0.1) is 0 Å². The highest BCUT2D eigenvalue weighted by Gasteiger charge is 2.02. The number of carboxylic acid groups (broad SMARTS) is 1. The fourth-order valence-electron chi connectivity index (χ4n) is 0.470. The number of rotatable bonds is 4. The van der Waals surface area contributed by atoms with E-state index in [0.717, 1.165) is 0 Å². The molecular weight excluding hydrogens is 136 g/mol. The highest BCUT2D eigenvalue weighted by molar-refractivity contribution is 5.64. The quantitative estimate of drug-likeness (QED) is 0.482. The summed E-state index contributed by atoms with van der Waals surface area (Å²) >= 11 is 0. The van der Waals surface area contributed by atoms with E-state index in [0.29, 0.717) is 6.54 Å². The summed E-state index contributed by atoms with van der Waals surface area (Å²) in [5, 5.41) is 10.5. The van der Waals surface area contributed by atoms with Crippen molar-refractivity contribution in [3.05, 3.63) is 0 Å². The summed E-state index contributed by atoms with van der Waals surface area (Å²) in [6.45, 7) is 2.20. The number of hydrogen-bond acceptors (Lipinski definition) is 3. The van der Waals surface area contributed by atoms with Gasteiger partial charge in [0.05, 0.1) is 7.11 Å². The van der Waals surface area contributed by atoms with Crippen LogP contribution in [0.1, 0.15) is 6.92 Å². The third-order valence-electron chi connectivity index (χ3n) is 0.904. The van der Waals surface area contributed by atoms with Crippen molar-refractivity contribution in [3.63, 3.8) is 0 Å². The third kappa shape index (κ3) is 5.33. The molecule has 0 saturated carbocycles. The first-order valence-corrected chi connectivity index (χ1v) is 2.92. The molecule has 10 heavy (non-hydrogen) atoms. The average molecular weight is 148 g/mol. The zero-order valence-corrected chi connectivity index (χ0v) is 6.05. The molecule has 1 amide bonds. The molecule has 0 fully saturated rings. The topological polar surface area (TPSA) is 70.6 Å². The number of amides is 1. The Bertz CT molecular complexity index is 107. The second kappa shape index (κ2) is 5.01. The van der Waals surface area contributed by atoms with E-state index in [-0.39, 0.29) is 6.04 Å². The molecule has 0 aromatic heterocycles. The van der Waals surface area contributed by atoms with Gasteiger partial charge in [0.15, 0.2) is 0 Å². The molecule has 0 aliphatic rings. The van der Waals surface area contributed by atoms with Crippen molar-refractivity contribution in [1.82, 2.24) is 10.8 Å². The molecule has 0 aromatic rings. The van der Waals surface area contributed by atoms with Crippen molar-refractivity contribution in [2.45, 2.75) is 13.0 Å². The van der Waals surface area contributed by atoms with Crippen LogP contribution in [0.5, 0.6) is 0 Å². The lowest BCUT2D eigenvalue weighted by Gasteiger charge is -2.10. The first kappa shape index (κ1) is 9.19. The molecule has 0 radical (unpaired) electrons. The Morgan fingerprint density at radius 2 is 2.40 bits per heavy atom. The van der Waals surface area contributed by atoms with Gasteiger partial charge in [0.2, 0.25) is 0 Å². The number of nitrogens with one attached hydrogen (secondary N) is 2. The summed E-state index contributed by atoms with van der Waals surface area (Å²) in [6.07, 6.45) is -1.02. The zero-order valence-electron chi connectivity index (χ0n) is 6.05. The van der Waals surface area contributed by atoms with Crippen LogP contribution in [0.15, 0.2) is 0 Å². The Labute approximate surface area is 59.3 Å². The maximum Gasteiger partial charge on any atom is 0.404 e. The van der Waals surface area contributed by atoms with Gasteiger partial charge < -0.3 is 15.3 Å². The lowest BCUT2D eigenvalue weighted by molar-refractivity contribution is 0.0853. The van der Waals surface area contributed by atoms with E-state index in [1.807, 2.05) is 0 Å². The molecule has 0 rings (SSSR count). The van der Waals surface area contributed by atoms with E-state index >= 15 is 0 Å². The van der Waals surface area contributed by atoms with E-state index in [2.05, 4.69) is 15.6 Å². The Kier molecular flexibility index (Phi) is 4.61. The van der Waals surface area contributed by atoms with Gasteiger partial charge in [-0.1, -0.05) is 0 Å². The second-order valence-electron chi connectivity index (χ2n) is 1.90. The molecule has 60 valence electrons. The van der Waals surface area contributed by atoms with Crippen LogP contribution >= 0.6 is 0 Å². The SMILES string of the molecule is CONCC(C)NC(=O)O. The number of carbonyl (C=O) groups is 1. The van der Waals surface area contributed by atoms with E-state index in [4.69, 9.17) is 5.11 Å². The lowest BCUT2D eigenvalue weighted by Crippen LogP contribution is -2.38. The Morgan fingerprint density at radius 1 is 1.80 bits per heavy atom. The minimum Gasteiger partial charge on any atom is -0.465 e. The fourth-order valence-corrected chi connectivity index (χ4v) is 0.470. The van der Waals surface area contributed by atoms with Crippen molar-refractivity contribution in [2.75, 3.05) is 13.7 Å². The van der Waals surface area contributed by atoms with Gasteiger partial charge in [-0.15, -0.1) is 0 Å². The highest BCUT2D eigenvalue weighted by atomic mass is 16.6. The van der Waals surface area contributed by atoms with Gasteiger partial charge in [0.1, 0.15) is 0 Å². The van der Waals surface area contributed by atoms with E-state index in [1.165, 1.54) is 7.11 Å². The normalized spacial score (nSPS) is 12.6. The molecule has 3 N–H and O–H groups in total. The van der Waals surface area contributed by atoms with Crippen LogP contribution in [0.2, 0.25) is 0 Å². The van der Waals surface area contributed by atoms with Gasteiger partial charge in [-0.25, -0.2) is 10.3 Å². The smallest absolute Gasteiger partial charge is 0.404 e. The van der Waals surface area contributed by atoms with Gasteiger partial charge in [-0.05, 0) is 6.92 Å². The average Bonchev–Trinajstić information content (AvgIpc) is 1.82. The molecule has 5 nitrogen and oxygen atoms in total. The standard InChI is InChI=1S/C5H12N2O3/c1-4(3-6-10-2)7-5(8)9/h4,6-7H,3H2,1-2H3,(H,8,9). The maximum absolute atomic E-state index is 9.99. The van der Waals surface area contributed by atoms with Gasteiger partial charge in [-0.3, -0.25) is 0 Å². The summed E-state index contributed by atoms with van der Waals surface area (Å²) < 4.78 is 0. The Balaban J connectivity index is 3.25. The molecule has 0 aromatic carbocycles. The molecule has 0 saturated heterocycles. The molecule has 0 heterocycles. The monoisotopic (exact) mass is 148 g/mol. The number of hydrogen-bond donors (Lipinski definition) is 3. The molecule has 0 aliphatic carbocycles. The molecular formula is C5H12N2O3. The number of hydroxylamine groups is 1. The van der Waals surface area contributed by atoms with Crippen molar-refractivity contribution in [2.24, 2.45) is 0 Å². The van der Waals surface area contributed by atoms with E-state index in [9.17, 15) is 4.79 Å². The Morgan fingerprint density at radius 3 is 2.80 bits per heavy atom. The predicted molar refractivity (Wildman–Crippen MR) is 35.6 cm³/mol. The molecule has 0 bridgehead atoms. The van der Waals surface area contributed by atoms with Crippen LogP contribution in [0.3, 0.4) is 0 Å². The summed E-state index contributed by atoms with van der Waals surface area (Å²) in [5.41, 5.74) is 2.53. The molecule has 0 aliphatic heterocycles. The van der Waals surface area contributed by atoms with Crippen LogP contribution < -0.4 is 10.8 Å². The van der Waals surface area contributed by atoms with Crippen LogP contribution in [0.25, 0.3) is 0 Å². The zero-order chi connectivity index (χ0) is 7.98. The maximum atomic E-state index is 9.99. The second-order valence-corrected chi connectivity index (χ2v) is 1.90. The predicted octanol–water partition coefficient (Wildman–Crippen LogP) is -0.207. The first-order valence-electron chi connectivity index (χ1n) is 2.92. The van der Waals surface area contributed by atoms with Gasteiger partial charge in [-0.2, -0.15) is 0 Å². The van der Waals surface area contributed by atoms with Crippen molar-refractivity contribution >= 4 is 6.09 Å². The van der Waals surface area contributed by atoms with E-state index in [1.54, 1.807) is 6.92 Å². The summed E-state index contributed by atoms with van der Waals surface area (Å²) in [4.78, 5) is 14.5. The van der Waals surface area contributed by atoms with Crippen LogP contribution in [-0.4, -0.2) is 30.9 Å². The van der Waals surface area contributed by atoms with Crippen LogP contribution in [-0.2, 0) is 4.84 Å². The minimum absolute atomic E-state index is 0.141. The molecule has 0 spiro atoms. The summed E-state index contributed by atoms with van der Waals surface area (Å²) in [6, 6.07) is -0.141. The fraction of sp³-hybridized carbons (Fsp3) is 0.800. The summed E-state index contributed by atoms with van der Waals surface area (Å²) in [7, 11) is 1.48. The molecule has 1 atom stereocenters. The lowest BCUT2D eigenvalue weighted by atomic mass is 10.3. The largest absolute Gasteiger partial charge is 0.465 e. The first-order chi connectivity index (χ1) is 4.66. The van der Waals surface area contributed by atoms with Gasteiger partial charge in [0, 0.05) is 12.6 Å². The van der Waals surface area contributed by atoms with Gasteiger partial charge in [0.25, 0.3) is 0 Å². The van der Waals surface area contributed by atoms with Crippen molar-refractivity contribution in [1.29, 1.82) is 0 Å².